The lowest BCUT2D eigenvalue weighted by atomic mass is 9.81. The highest BCUT2D eigenvalue weighted by molar-refractivity contribution is 9.10. The first-order valence-corrected chi connectivity index (χ1v) is 8.49. The number of halogens is 2. The van der Waals surface area contributed by atoms with E-state index in [1.165, 1.54) is 0 Å². The number of aromatic nitrogens is 3. The van der Waals surface area contributed by atoms with Gasteiger partial charge in [-0.1, -0.05) is 41.9 Å². The fraction of sp³-hybridized carbons (Fsp3) is 0.438. The van der Waals surface area contributed by atoms with Crippen LogP contribution in [-0.2, 0) is 11.3 Å². The number of benzene rings is 1. The molecule has 0 atom stereocenters. The second-order valence-corrected chi connectivity index (χ2v) is 6.40. The van der Waals surface area contributed by atoms with Crippen molar-refractivity contribution in [3.8, 4) is 11.4 Å². The van der Waals surface area contributed by atoms with E-state index < -0.39 is 5.41 Å². The molecule has 0 fully saturated rings. The van der Waals surface area contributed by atoms with Crippen LogP contribution in [0.2, 0.25) is 0 Å². The van der Waals surface area contributed by atoms with Crippen molar-refractivity contribution in [3.63, 3.8) is 0 Å². The summed E-state index contributed by atoms with van der Waals surface area (Å²) >= 11 is 3.40. The van der Waals surface area contributed by atoms with Gasteiger partial charge in [0.15, 0.2) is 5.82 Å². The maximum absolute atomic E-state index is 12.4. The van der Waals surface area contributed by atoms with Gasteiger partial charge >= 0.3 is 0 Å². The van der Waals surface area contributed by atoms with E-state index in [4.69, 9.17) is 5.73 Å². The maximum atomic E-state index is 12.4. The molecule has 0 aliphatic rings. The van der Waals surface area contributed by atoms with E-state index >= 15 is 0 Å². The summed E-state index contributed by atoms with van der Waals surface area (Å²) in [5, 5.41) is 9.96. The number of hydrogen-bond acceptors (Lipinski definition) is 4. The summed E-state index contributed by atoms with van der Waals surface area (Å²) in [6.07, 6.45) is 1.43. The zero-order chi connectivity index (χ0) is 16.9. The molecule has 0 spiro atoms. The molecule has 0 saturated heterocycles. The Morgan fingerprint density at radius 1 is 1.29 bits per heavy atom. The molecular weight excluding hydrogens is 394 g/mol. The monoisotopic (exact) mass is 415 g/mol. The molecule has 2 aromatic rings. The van der Waals surface area contributed by atoms with Crippen molar-refractivity contribution in [2.24, 2.45) is 11.1 Å². The van der Waals surface area contributed by atoms with Crippen LogP contribution in [-0.4, -0.2) is 27.6 Å². The van der Waals surface area contributed by atoms with Gasteiger partial charge in [0.25, 0.3) is 0 Å². The standard InChI is InChI=1S/C16H22BrN5O.ClH/c1-3-16(4-2,10-18)15(23)19-9-13-20-14(22-21-13)11-5-7-12(17)8-6-11;/h5-8H,3-4,9-10,18H2,1-2H3,(H,19,23)(H,20,21,22);1H. The molecule has 0 aliphatic heterocycles. The van der Waals surface area contributed by atoms with E-state index in [1.54, 1.807) is 0 Å². The number of carbonyl (C=O) groups is 1. The number of H-pyrrole nitrogens is 1. The average Bonchev–Trinajstić information content (AvgIpc) is 3.04. The van der Waals surface area contributed by atoms with Gasteiger partial charge in [0.1, 0.15) is 5.82 Å². The molecule has 1 heterocycles. The predicted octanol–water partition coefficient (Wildman–Crippen LogP) is 3.04. The van der Waals surface area contributed by atoms with Crippen molar-refractivity contribution in [2.75, 3.05) is 6.54 Å². The molecule has 1 aromatic carbocycles. The number of aromatic amines is 1. The van der Waals surface area contributed by atoms with Gasteiger partial charge in [-0.2, -0.15) is 5.10 Å². The zero-order valence-corrected chi connectivity index (χ0v) is 16.2. The lowest BCUT2D eigenvalue weighted by Crippen LogP contribution is -2.45. The molecule has 24 heavy (non-hydrogen) atoms. The van der Waals surface area contributed by atoms with Gasteiger partial charge in [0.05, 0.1) is 12.0 Å². The van der Waals surface area contributed by atoms with Gasteiger partial charge in [-0.3, -0.25) is 9.89 Å². The number of rotatable bonds is 7. The minimum absolute atomic E-state index is 0. The molecule has 0 radical (unpaired) electrons. The smallest absolute Gasteiger partial charge is 0.227 e. The molecular formula is C16H23BrClN5O. The number of amides is 1. The van der Waals surface area contributed by atoms with E-state index in [0.29, 0.717) is 37.6 Å². The topological polar surface area (TPSA) is 96.7 Å². The largest absolute Gasteiger partial charge is 0.348 e. The van der Waals surface area contributed by atoms with Crippen LogP contribution in [0.3, 0.4) is 0 Å². The summed E-state index contributed by atoms with van der Waals surface area (Å²) in [7, 11) is 0. The van der Waals surface area contributed by atoms with Gasteiger partial charge in [-0.15, -0.1) is 12.4 Å². The van der Waals surface area contributed by atoms with E-state index in [9.17, 15) is 4.79 Å². The normalized spacial score (nSPS) is 11.0. The van der Waals surface area contributed by atoms with Gasteiger partial charge < -0.3 is 11.1 Å². The Kier molecular flexibility index (Phi) is 7.86. The molecule has 2 rings (SSSR count). The van der Waals surface area contributed by atoms with Crippen molar-refractivity contribution in [3.05, 3.63) is 34.6 Å². The van der Waals surface area contributed by atoms with Crippen LogP contribution in [0, 0.1) is 5.41 Å². The van der Waals surface area contributed by atoms with E-state index in [-0.39, 0.29) is 18.3 Å². The highest BCUT2D eigenvalue weighted by Gasteiger charge is 2.33. The fourth-order valence-electron chi connectivity index (χ4n) is 2.41. The fourth-order valence-corrected chi connectivity index (χ4v) is 2.67. The van der Waals surface area contributed by atoms with Gasteiger partial charge in [0.2, 0.25) is 5.91 Å². The average molecular weight is 417 g/mol. The number of carbonyl (C=O) groups excluding carboxylic acids is 1. The minimum atomic E-state index is -0.505. The number of nitrogens with one attached hydrogen (secondary N) is 2. The molecule has 132 valence electrons. The Hall–Kier alpha value is -1.44. The quantitative estimate of drug-likeness (QED) is 0.646. The molecule has 0 unspecified atom stereocenters. The molecule has 0 saturated carbocycles. The second-order valence-electron chi connectivity index (χ2n) is 5.49. The SMILES string of the molecule is CCC(CC)(CN)C(=O)NCc1nc(-c2ccc(Br)cc2)n[nH]1.Cl. The Morgan fingerprint density at radius 3 is 2.46 bits per heavy atom. The summed E-state index contributed by atoms with van der Waals surface area (Å²) in [6.45, 7) is 4.61. The van der Waals surface area contributed by atoms with E-state index in [0.717, 1.165) is 10.0 Å². The molecule has 0 aliphatic carbocycles. The Morgan fingerprint density at radius 2 is 1.92 bits per heavy atom. The first kappa shape index (κ1) is 20.6. The van der Waals surface area contributed by atoms with E-state index in [1.807, 2.05) is 38.1 Å². The third-order valence-electron chi connectivity index (χ3n) is 4.28. The zero-order valence-electron chi connectivity index (χ0n) is 13.8. The van der Waals surface area contributed by atoms with Gasteiger partial charge in [-0.25, -0.2) is 4.98 Å². The van der Waals surface area contributed by atoms with Crippen LogP contribution in [0.1, 0.15) is 32.5 Å². The summed E-state index contributed by atoms with van der Waals surface area (Å²) in [6, 6.07) is 7.74. The van der Waals surface area contributed by atoms with Crippen LogP contribution in [0.15, 0.2) is 28.7 Å². The minimum Gasteiger partial charge on any atom is -0.348 e. The predicted molar refractivity (Wildman–Crippen MR) is 101 cm³/mol. The molecule has 6 nitrogen and oxygen atoms in total. The summed E-state index contributed by atoms with van der Waals surface area (Å²) < 4.78 is 1.00. The highest BCUT2D eigenvalue weighted by atomic mass is 79.9. The first-order chi connectivity index (χ1) is 11.0. The lowest BCUT2D eigenvalue weighted by molar-refractivity contribution is -0.131. The number of nitrogens with two attached hydrogens (primary N) is 1. The Labute approximate surface area is 156 Å². The van der Waals surface area contributed by atoms with Crippen molar-refractivity contribution in [1.29, 1.82) is 0 Å². The number of hydrogen-bond donors (Lipinski definition) is 3. The maximum Gasteiger partial charge on any atom is 0.227 e. The third kappa shape index (κ3) is 4.55. The summed E-state index contributed by atoms with van der Waals surface area (Å²) in [4.78, 5) is 16.8. The molecule has 0 bridgehead atoms. The van der Waals surface area contributed by atoms with Crippen molar-refractivity contribution in [1.82, 2.24) is 20.5 Å². The molecule has 1 aromatic heterocycles. The van der Waals surface area contributed by atoms with Crippen molar-refractivity contribution in [2.45, 2.75) is 33.2 Å². The van der Waals surface area contributed by atoms with E-state index in [2.05, 4.69) is 36.4 Å². The van der Waals surface area contributed by atoms with Crippen molar-refractivity contribution >= 4 is 34.2 Å². The Balaban J connectivity index is 0.00000288. The van der Waals surface area contributed by atoms with Crippen LogP contribution in [0.5, 0.6) is 0 Å². The van der Waals surface area contributed by atoms with Crippen molar-refractivity contribution < 1.29 is 4.79 Å². The Bertz CT molecular complexity index is 646. The van der Waals surface area contributed by atoms with Gasteiger partial charge in [0, 0.05) is 16.6 Å². The van der Waals surface area contributed by atoms with Gasteiger partial charge in [-0.05, 0) is 25.0 Å². The lowest BCUT2D eigenvalue weighted by Gasteiger charge is -2.28. The second kappa shape index (κ2) is 9.15. The van der Waals surface area contributed by atoms with Crippen LogP contribution >= 0.6 is 28.3 Å². The highest BCUT2D eigenvalue weighted by Crippen LogP contribution is 2.25. The van der Waals surface area contributed by atoms with Crippen LogP contribution in [0.25, 0.3) is 11.4 Å². The van der Waals surface area contributed by atoms with Crippen LogP contribution < -0.4 is 11.1 Å². The molecule has 8 heteroatoms. The van der Waals surface area contributed by atoms with Crippen LogP contribution in [0.4, 0.5) is 0 Å². The summed E-state index contributed by atoms with van der Waals surface area (Å²) in [5.74, 6) is 1.19. The molecule has 4 N–H and O–H groups in total. The first-order valence-electron chi connectivity index (χ1n) is 7.70. The third-order valence-corrected chi connectivity index (χ3v) is 4.81. The molecule has 1 amide bonds. The summed E-state index contributed by atoms with van der Waals surface area (Å²) in [5.41, 5.74) is 6.20. The number of nitrogens with zero attached hydrogens (tertiary/aromatic N) is 2.